The fraction of sp³-hybridized carbons (Fsp3) is 0.393. The summed E-state index contributed by atoms with van der Waals surface area (Å²) >= 11 is 0. The van der Waals surface area contributed by atoms with E-state index >= 15 is 0 Å². The number of benzene rings is 2. The van der Waals surface area contributed by atoms with E-state index in [4.69, 9.17) is 10.1 Å². The second kappa shape index (κ2) is 10.1. The summed E-state index contributed by atoms with van der Waals surface area (Å²) in [7, 11) is 2.16. The first-order chi connectivity index (χ1) is 17.0. The van der Waals surface area contributed by atoms with Gasteiger partial charge < -0.3 is 10.2 Å². The van der Waals surface area contributed by atoms with E-state index in [2.05, 4.69) is 47.3 Å². The summed E-state index contributed by atoms with van der Waals surface area (Å²) in [6.45, 7) is 9.10. The lowest BCUT2D eigenvalue weighted by molar-refractivity contribution is -0.122. The SMILES string of the molecule is Cc1nc2c3ccccc3nn2c(C)c1CCC(=O)NC(CN1CCN(C)CC1)c1ccccc1. The number of hydrogen-bond donors (Lipinski definition) is 1. The molecular formula is C28H34N6O. The Morgan fingerprint density at radius 1 is 1.00 bits per heavy atom. The van der Waals surface area contributed by atoms with Crippen molar-refractivity contribution < 1.29 is 4.79 Å². The average Bonchev–Trinajstić information content (AvgIpc) is 3.24. The number of carbonyl (C=O) groups excluding carboxylic acids is 1. The average molecular weight is 471 g/mol. The highest BCUT2D eigenvalue weighted by molar-refractivity contribution is 5.92. The third-order valence-corrected chi connectivity index (χ3v) is 7.19. The van der Waals surface area contributed by atoms with Crippen molar-refractivity contribution in [3.05, 3.63) is 77.1 Å². The molecule has 1 saturated heterocycles. The zero-order chi connectivity index (χ0) is 24.4. The monoisotopic (exact) mass is 470 g/mol. The highest BCUT2D eigenvalue weighted by Gasteiger charge is 2.22. The maximum Gasteiger partial charge on any atom is 0.220 e. The normalized spacial score (nSPS) is 16.1. The van der Waals surface area contributed by atoms with Crippen LogP contribution in [0.25, 0.3) is 16.6 Å². The molecular weight excluding hydrogens is 436 g/mol. The van der Waals surface area contributed by atoms with Crippen molar-refractivity contribution in [2.24, 2.45) is 0 Å². The summed E-state index contributed by atoms with van der Waals surface area (Å²) in [4.78, 5) is 22.8. The van der Waals surface area contributed by atoms with E-state index in [1.807, 2.05) is 47.8 Å². The van der Waals surface area contributed by atoms with Gasteiger partial charge in [-0.25, -0.2) is 9.50 Å². The quantitative estimate of drug-likeness (QED) is 0.448. The topological polar surface area (TPSA) is 65.8 Å². The maximum atomic E-state index is 13.1. The van der Waals surface area contributed by atoms with Gasteiger partial charge >= 0.3 is 0 Å². The molecule has 182 valence electrons. The Balaban J connectivity index is 1.30. The summed E-state index contributed by atoms with van der Waals surface area (Å²) in [6.07, 6.45) is 1.06. The van der Waals surface area contributed by atoms with Gasteiger partial charge in [-0.2, -0.15) is 5.10 Å². The van der Waals surface area contributed by atoms with Gasteiger partial charge in [-0.3, -0.25) is 9.69 Å². The Hall–Kier alpha value is -3.29. The van der Waals surface area contributed by atoms with Crippen LogP contribution in [-0.2, 0) is 11.2 Å². The van der Waals surface area contributed by atoms with Gasteiger partial charge in [0.05, 0.1) is 11.6 Å². The van der Waals surface area contributed by atoms with E-state index in [9.17, 15) is 4.79 Å². The van der Waals surface area contributed by atoms with Gasteiger partial charge in [0.1, 0.15) is 0 Å². The van der Waals surface area contributed by atoms with Crippen LogP contribution in [0.15, 0.2) is 54.6 Å². The zero-order valence-corrected chi connectivity index (χ0v) is 20.9. The van der Waals surface area contributed by atoms with Gasteiger partial charge in [0.15, 0.2) is 5.65 Å². The Morgan fingerprint density at radius 2 is 1.71 bits per heavy atom. The third kappa shape index (κ3) is 5.06. The molecule has 5 rings (SSSR count). The van der Waals surface area contributed by atoms with Gasteiger partial charge in [-0.15, -0.1) is 0 Å². The molecule has 1 aliphatic rings. The largest absolute Gasteiger partial charge is 0.348 e. The lowest BCUT2D eigenvalue weighted by Crippen LogP contribution is -2.47. The highest BCUT2D eigenvalue weighted by Crippen LogP contribution is 2.23. The second-order valence-electron chi connectivity index (χ2n) is 9.65. The summed E-state index contributed by atoms with van der Waals surface area (Å²) in [5.41, 5.74) is 6.07. The smallest absolute Gasteiger partial charge is 0.220 e. The molecule has 4 aromatic rings. The molecule has 1 amide bonds. The first-order valence-corrected chi connectivity index (χ1v) is 12.5. The molecule has 0 spiro atoms. The van der Waals surface area contributed by atoms with Gasteiger partial charge in [0.25, 0.3) is 0 Å². The van der Waals surface area contributed by atoms with Gasteiger partial charge in [0.2, 0.25) is 5.91 Å². The predicted octanol–water partition coefficient (Wildman–Crippen LogP) is 3.54. The number of nitrogens with one attached hydrogen (secondary N) is 1. The van der Waals surface area contributed by atoms with Gasteiger partial charge in [0, 0.05) is 55.9 Å². The molecule has 2 aromatic carbocycles. The molecule has 1 aliphatic heterocycles. The molecule has 35 heavy (non-hydrogen) atoms. The van der Waals surface area contributed by atoms with Crippen LogP contribution in [0.5, 0.6) is 0 Å². The molecule has 1 N–H and O–H groups in total. The fourth-order valence-corrected chi connectivity index (χ4v) is 5.05. The Bertz CT molecular complexity index is 1320. The van der Waals surface area contributed by atoms with Crippen LogP contribution in [0.3, 0.4) is 0 Å². The summed E-state index contributed by atoms with van der Waals surface area (Å²) in [5, 5.41) is 9.12. The molecule has 1 fully saturated rings. The number of carbonyl (C=O) groups is 1. The van der Waals surface area contributed by atoms with Crippen LogP contribution in [0.1, 0.15) is 35.0 Å². The molecule has 2 aromatic heterocycles. The lowest BCUT2D eigenvalue weighted by atomic mass is 10.0. The minimum atomic E-state index is -0.0219. The molecule has 0 bridgehead atoms. The minimum Gasteiger partial charge on any atom is -0.348 e. The van der Waals surface area contributed by atoms with E-state index in [0.29, 0.717) is 12.8 Å². The van der Waals surface area contributed by atoms with E-state index in [0.717, 1.165) is 71.8 Å². The summed E-state index contributed by atoms with van der Waals surface area (Å²) in [5.74, 6) is 0.0671. The van der Waals surface area contributed by atoms with Crippen LogP contribution in [-0.4, -0.2) is 70.1 Å². The van der Waals surface area contributed by atoms with Crippen molar-refractivity contribution in [2.75, 3.05) is 39.8 Å². The Morgan fingerprint density at radius 3 is 2.49 bits per heavy atom. The molecule has 7 nitrogen and oxygen atoms in total. The Labute approximate surface area is 206 Å². The van der Waals surface area contributed by atoms with E-state index in [1.54, 1.807) is 0 Å². The summed E-state index contributed by atoms with van der Waals surface area (Å²) < 4.78 is 1.92. The van der Waals surface area contributed by atoms with Crippen LogP contribution < -0.4 is 5.32 Å². The number of aromatic nitrogens is 3. The van der Waals surface area contributed by atoms with Crippen molar-refractivity contribution in [3.8, 4) is 0 Å². The molecule has 3 heterocycles. The molecule has 0 aliphatic carbocycles. The van der Waals surface area contributed by atoms with Gasteiger partial charge in [-0.05, 0) is 50.6 Å². The van der Waals surface area contributed by atoms with Crippen molar-refractivity contribution in [3.63, 3.8) is 0 Å². The number of likely N-dealkylation sites (N-methyl/N-ethyl adjacent to an activating group) is 1. The number of piperazine rings is 1. The number of nitrogens with zero attached hydrogens (tertiary/aromatic N) is 5. The molecule has 1 unspecified atom stereocenters. The van der Waals surface area contributed by atoms with Crippen molar-refractivity contribution in [2.45, 2.75) is 32.7 Å². The van der Waals surface area contributed by atoms with E-state index < -0.39 is 0 Å². The van der Waals surface area contributed by atoms with Crippen molar-refractivity contribution in [1.29, 1.82) is 0 Å². The second-order valence-corrected chi connectivity index (χ2v) is 9.65. The van der Waals surface area contributed by atoms with E-state index in [-0.39, 0.29) is 11.9 Å². The maximum absolute atomic E-state index is 13.1. The first kappa shape index (κ1) is 23.5. The third-order valence-electron chi connectivity index (χ3n) is 7.19. The number of rotatable bonds is 7. The zero-order valence-electron chi connectivity index (χ0n) is 20.9. The lowest BCUT2D eigenvalue weighted by Gasteiger charge is -2.35. The van der Waals surface area contributed by atoms with Crippen LogP contribution in [0.4, 0.5) is 0 Å². The van der Waals surface area contributed by atoms with Crippen LogP contribution in [0.2, 0.25) is 0 Å². The number of hydrogen-bond acceptors (Lipinski definition) is 5. The minimum absolute atomic E-state index is 0.0219. The van der Waals surface area contributed by atoms with Crippen LogP contribution in [0, 0.1) is 13.8 Å². The van der Waals surface area contributed by atoms with Crippen molar-refractivity contribution >= 4 is 22.5 Å². The molecule has 0 radical (unpaired) electrons. The number of aryl methyl sites for hydroxylation is 2. The molecule has 7 heteroatoms. The molecule has 1 atom stereocenters. The first-order valence-electron chi connectivity index (χ1n) is 12.5. The fourth-order valence-electron chi connectivity index (χ4n) is 5.05. The highest BCUT2D eigenvalue weighted by atomic mass is 16.1. The number of amides is 1. The van der Waals surface area contributed by atoms with Crippen LogP contribution >= 0.6 is 0 Å². The predicted molar refractivity (Wildman–Crippen MR) is 140 cm³/mol. The van der Waals surface area contributed by atoms with E-state index in [1.165, 1.54) is 0 Å². The standard InChI is InChI=1S/C28H34N6O/c1-20-23(21(2)34-28(29-20)24-11-7-8-12-25(24)31-34)13-14-27(35)30-26(22-9-5-4-6-10-22)19-33-17-15-32(3)16-18-33/h4-12,26H,13-19H2,1-3H3,(H,30,35). The molecule has 0 saturated carbocycles. The summed E-state index contributed by atoms with van der Waals surface area (Å²) in [6, 6.07) is 18.4. The Kier molecular flexibility index (Phi) is 6.79. The number of fused-ring (bicyclic) bond motifs is 3. The van der Waals surface area contributed by atoms with Crippen molar-refractivity contribution in [1.82, 2.24) is 29.7 Å². The van der Waals surface area contributed by atoms with Gasteiger partial charge in [-0.1, -0.05) is 42.5 Å².